The van der Waals surface area contributed by atoms with E-state index in [0.29, 0.717) is 43.6 Å². The van der Waals surface area contributed by atoms with Crippen LogP contribution in [0.2, 0.25) is 0 Å². The molecule has 29 heavy (non-hydrogen) atoms. The topological polar surface area (TPSA) is 120 Å². The number of anilines is 1. The van der Waals surface area contributed by atoms with E-state index < -0.39 is 0 Å². The van der Waals surface area contributed by atoms with Gasteiger partial charge in [-0.25, -0.2) is 4.98 Å². The number of carbonyl (C=O) groups excluding carboxylic acids is 1. The van der Waals surface area contributed by atoms with Crippen molar-refractivity contribution in [2.75, 3.05) is 38.1 Å². The molecular formula is C18H23N9O2. The number of nitrogens with one attached hydrogen (secondary N) is 2. The molecule has 1 amide bonds. The average Bonchev–Trinajstić information content (AvgIpc) is 3.47. The molecule has 1 aliphatic rings. The number of aromatic amines is 1. The molecule has 3 aromatic rings. The zero-order valence-electron chi connectivity index (χ0n) is 16.4. The fourth-order valence-corrected chi connectivity index (χ4v) is 3.22. The molecule has 0 saturated carbocycles. The van der Waals surface area contributed by atoms with Gasteiger partial charge in [-0.3, -0.25) is 19.6 Å². The number of aliphatic imine (C=N–C) groups is 1. The number of piperazine rings is 1. The lowest BCUT2D eigenvalue weighted by atomic mass is 10.3. The molecule has 2 N–H and O–H groups in total. The zero-order chi connectivity index (χ0) is 20.2. The Balaban J connectivity index is 1.29. The Morgan fingerprint density at radius 3 is 3.00 bits per heavy atom. The van der Waals surface area contributed by atoms with Crippen LogP contribution in [0.15, 0.2) is 40.2 Å². The maximum absolute atomic E-state index is 12.6. The smallest absolute Gasteiger partial charge is 0.246 e. The van der Waals surface area contributed by atoms with Crippen molar-refractivity contribution in [3.63, 3.8) is 0 Å². The third-order valence-corrected chi connectivity index (χ3v) is 4.65. The predicted molar refractivity (Wildman–Crippen MR) is 106 cm³/mol. The van der Waals surface area contributed by atoms with E-state index in [0.717, 1.165) is 11.5 Å². The number of aromatic nitrogens is 5. The third-order valence-electron chi connectivity index (χ3n) is 4.65. The Hall–Kier alpha value is -3.63. The number of rotatable bonds is 5. The summed E-state index contributed by atoms with van der Waals surface area (Å²) in [6.45, 7) is 2.14. The van der Waals surface area contributed by atoms with Crippen LogP contribution in [0.5, 0.6) is 0 Å². The quantitative estimate of drug-likeness (QED) is 0.468. The molecule has 0 radical (unpaired) electrons. The van der Waals surface area contributed by atoms with Crippen LogP contribution in [0.4, 0.5) is 5.69 Å². The van der Waals surface area contributed by atoms with E-state index in [1.165, 1.54) is 0 Å². The highest BCUT2D eigenvalue weighted by Crippen LogP contribution is 2.16. The first-order valence-corrected chi connectivity index (χ1v) is 9.34. The maximum atomic E-state index is 12.6. The van der Waals surface area contributed by atoms with Gasteiger partial charge >= 0.3 is 0 Å². The minimum atomic E-state index is 0.0190. The number of amides is 1. The summed E-state index contributed by atoms with van der Waals surface area (Å²) in [6.07, 6.45) is 5.77. The van der Waals surface area contributed by atoms with Crippen molar-refractivity contribution in [2.24, 2.45) is 12.0 Å². The molecular weight excluding hydrogens is 374 g/mol. The van der Waals surface area contributed by atoms with Gasteiger partial charge < -0.3 is 19.5 Å². The van der Waals surface area contributed by atoms with Gasteiger partial charge in [0, 0.05) is 46.3 Å². The highest BCUT2D eigenvalue weighted by molar-refractivity contribution is 5.98. The van der Waals surface area contributed by atoms with Crippen LogP contribution in [0.1, 0.15) is 5.82 Å². The van der Waals surface area contributed by atoms with Crippen molar-refractivity contribution in [1.29, 1.82) is 0 Å². The first kappa shape index (κ1) is 18.7. The van der Waals surface area contributed by atoms with Gasteiger partial charge in [-0.05, 0) is 12.1 Å². The summed E-state index contributed by atoms with van der Waals surface area (Å²) in [7, 11) is 3.55. The van der Waals surface area contributed by atoms with E-state index in [9.17, 15) is 4.79 Å². The molecule has 152 valence electrons. The fourth-order valence-electron chi connectivity index (χ4n) is 3.22. The second-order valence-electron chi connectivity index (χ2n) is 6.65. The molecule has 11 heteroatoms. The van der Waals surface area contributed by atoms with Crippen molar-refractivity contribution in [3.05, 3.63) is 36.6 Å². The molecule has 0 unspecified atom stereocenters. The number of carbonyl (C=O) groups is 1. The summed E-state index contributed by atoms with van der Waals surface area (Å²) in [5.74, 6) is 2.62. The lowest BCUT2D eigenvalue weighted by Gasteiger charge is -2.35. The number of hydrogen-bond acceptors (Lipinski definition) is 6. The van der Waals surface area contributed by atoms with Gasteiger partial charge in [-0.1, -0.05) is 0 Å². The van der Waals surface area contributed by atoms with Crippen LogP contribution >= 0.6 is 0 Å². The van der Waals surface area contributed by atoms with E-state index in [4.69, 9.17) is 4.42 Å². The summed E-state index contributed by atoms with van der Waals surface area (Å²) < 4.78 is 6.99. The molecule has 4 rings (SSSR count). The van der Waals surface area contributed by atoms with E-state index in [2.05, 4.69) is 30.6 Å². The monoisotopic (exact) mass is 397 g/mol. The van der Waals surface area contributed by atoms with Gasteiger partial charge in [-0.2, -0.15) is 10.2 Å². The molecule has 3 aromatic heterocycles. The van der Waals surface area contributed by atoms with Crippen LogP contribution in [-0.2, 0) is 18.3 Å². The molecule has 11 nitrogen and oxygen atoms in total. The molecule has 0 bridgehead atoms. The Kier molecular flexibility index (Phi) is 5.27. The van der Waals surface area contributed by atoms with Crippen LogP contribution in [-0.4, -0.2) is 75.0 Å². The lowest BCUT2D eigenvalue weighted by molar-refractivity contribution is -0.120. The van der Waals surface area contributed by atoms with Gasteiger partial charge in [0.15, 0.2) is 11.7 Å². The van der Waals surface area contributed by atoms with Crippen LogP contribution in [0.3, 0.4) is 0 Å². The Morgan fingerprint density at radius 2 is 2.31 bits per heavy atom. The molecule has 1 fully saturated rings. The third kappa shape index (κ3) is 4.13. The Bertz CT molecular complexity index is 989. The summed E-state index contributed by atoms with van der Waals surface area (Å²) >= 11 is 0. The van der Waals surface area contributed by atoms with Gasteiger partial charge in [0.25, 0.3) is 0 Å². The van der Waals surface area contributed by atoms with Crippen LogP contribution in [0, 0.1) is 0 Å². The summed E-state index contributed by atoms with van der Waals surface area (Å²) in [4.78, 5) is 25.0. The lowest BCUT2D eigenvalue weighted by Crippen LogP contribution is -2.55. The fraction of sp³-hybridized carbons (Fsp3) is 0.389. The van der Waals surface area contributed by atoms with Crippen molar-refractivity contribution in [1.82, 2.24) is 35.2 Å². The normalized spacial score (nSPS) is 15.2. The van der Waals surface area contributed by atoms with Crippen molar-refractivity contribution < 1.29 is 9.21 Å². The van der Waals surface area contributed by atoms with Crippen molar-refractivity contribution in [3.8, 4) is 11.6 Å². The molecule has 1 aliphatic heterocycles. The van der Waals surface area contributed by atoms with E-state index >= 15 is 0 Å². The maximum Gasteiger partial charge on any atom is 0.246 e. The van der Waals surface area contributed by atoms with Gasteiger partial charge in [0.2, 0.25) is 11.7 Å². The van der Waals surface area contributed by atoms with E-state index in [1.807, 2.05) is 24.2 Å². The Labute approximate surface area is 167 Å². The zero-order valence-corrected chi connectivity index (χ0v) is 16.4. The number of furan rings is 1. The summed E-state index contributed by atoms with van der Waals surface area (Å²) in [5, 5.41) is 14.5. The number of H-pyrrole nitrogens is 1. The minimum absolute atomic E-state index is 0.0190. The van der Waals surface area contributed by atoms with E-state index in [-0.39, 0.29) is 12.5 Å². The van der Waals surface area contributed by atoms with E-state index in [1.54, 1.807) is 35.2 Å². The second-order valence-corrected chi connectivity index (χ2v) is 6.65. The predicted octanol–water partition coefficient (Wildman–Crippen LogP) is 0.265. The number of hydrogen-bond donors (Lipinski definition) is 2. The Morgan fingerprint density at radius 1 is 1.41 bits per heavy atom. The number of guanidine groups is 1. The molecule has 0 aliphatic carbocycles. The molecule has 4 heterocycles. The SMILES string of the molecule is CN=C(NCCc1nc(-c2ccco2)n[nH]1)N1CCN(c2cnn(C)c2)C(=O)C1. The second kappa shape index (κ2) is 8.17. The summed E-state index contributed by atoms with van der Waals surface area (Å²) in [5.41, 5.74) is 0.817. The average molecular weight is 397 g/mol. The first-order chi connectivity index (χ1) is 14.1. The highest BCUT2D eigenvalue weighted by Gasteiger charge is 2.27. The minimum Gasteiger partial charge on any atom is -0.461 e. The van der Waals surface area contributed by atoms with Crippen LogP contribution < -0.4 is 10.2 Å². The molecule has 0 spiro atoms. The standard InChI is InChI=1S/C18H23N9O2/c1-19-18(20-6-5-15-22-17(24-23-15)14-4-3-9-29-14)26-7-8-27(16(28)12-26)13-10-21-25(2)11-13/h3-4,9-11H,5-8,12H2,1-2H3,(H,19,20)(H,22,23,24). The molecule has 0 atom stereocenters. The van der Waals surface area contributed by atoms with Gasteiger partial charge in [0.05, 0.1) is 18.1 Å². The first-order valence-electron chi connectivity index (χ1n) is 9.34. The highest BCUT2D eigenvalue weighted by atomic mass is 16.3. The molecule has 1 saturated heterocycles. The van der Waals surface area contributed by atoms with Crippen LogP contribution in [0.25, 0.3) is 11.6 Å². The number of aryl methyl sites for hydroxylation is 1. The number of nitrogens with zero attached hydrogens (tertiary/aromatic N) is 7. The largest absolute Gasteiger partial charge is 0.461 e. The summed E-state index contributed by atoms with van der Waals surface area (Å²) in [6, 6.07) is 3.61. The van der Waals surface area contributed by atoms with Crippen molar-refractivity contribution >= 4 is 17.6 Å². The van der Waals surface area contributed by atoms with Crippen molar-refractivity contribution in [2.45, 2.75) is 6.42 Å². The molecule has 0 aromatic carbocycles. The van der Waals surface area contributed by atoms with Gasteiger partial charge in [0.1, 0.15) is 12.4 Å². The van der Waals surface area contributed by atoms with Gasteiger partial charge in [-0.15, -0.1) is 0 Å².